The van der Waals surface area contributed by atoms with Crippen LogP contribution in [0.25, 0.3) is 11.0 Å². The number of fused-ring (bicyclic) bond motifs is 1. The van der Waals surface area contributed by atoms with Crippen LogP contribution >= 0.6 is 11.6 Å². The van der Waals surface area contributed by atoms with Crippen LogP contribution in [0, 0.1) is 12.7 Å². The van der Waals surface area contributed by atoms with Gasteiger partial charge in [0.15, 0.2) is 5.58 Å². The van der Waals surface area contributed by atoms with E-state index in [0.717, 1.165) is 16.7 Å². The van der Waals surface area contributed by atoms with Gasteiger partial charge in [0.1, 0.15) is 11.6 Å². The average Bonchev–Trinajstić information content (AvgIpc) is 3.04. The fourth-order valence-corrected chi connectivity index (χ4v) is 2.23. The van der Waals surface area contributed by atoms with Crippen LogP contribution in [0.15, 0.2) is 16.5 Å². The maximum absolute atomic E-state index is 13.3. The maximum atomic E-state index is 13.3. The third kappa shape index (κ3) is 2.05. The highest BCUT2D eigenvalue weighted by Gasteiger charge is 2.22. The average molecular weight is 254 g/mol. The van der Waals surface area contributed by atoms with Crippen LogP contribution in [0.5, 0.6) is 0 Å². The van der Waals surface area contributed by atoms with Crippen LogP contribution in [0.1, 0.15) is 24.2 Å². The lowest BCUT2D eigenvalue weighted by atomic mass is 10.1. The molecule has 0 atom stereocenters. The largest absolute Gasteiger partial charge is 0.458 e. The lowest BCUT2D eigenvalue weighted by Gasteiger charge is -1.99. The smallest absolute Gasteiger partial charge is 0.153 e. The summed E-state index contributed by atoms with van der Waals surface area (Å²) in [5.74, 6) is 0.521. The number of hydrogen-bond donors (Lipinski definition) is 1. The fraction of sp³-hybridized carbons (Fsp3) is 0.385. The quantitative estimate of drug-likeness (QED) is 0.900. The molecule has 1 aliphatic carbocycles. The first-order chi connectivity index (χ1) is 8.15. The van der Waals surface area contributed by atoms with Crippen LogP contribution in [0.3, 0.4) is 0 Å². The third-order valence-corrected chi connectivity index (χ3v) is 3.47. The second-order valence-electron chi connectivity index (χ2n) is 4.57. The zero-order valence-corrected chi connectivity index (χ0v) is 10.3. The van der Waals surface area contributed by atoms with Gasteiger partial charge in [0.05, 0.1) is 11.6 Å². The van der Waals surface area contributed by atoms with E-state index in [-0.39, 0.29) is 5.82 Å². The highest BCUT2D eigenvalue weighted by Crippen LogP contribution is 2.32. The van der Waals surface area contributed by atoms with Gasteiger partial charge in [-0.1, -0.05) is 11.6 Å². The van der Waals surface area contributed by atoms with Crippen molar-refractivity contribution in [2.24, 2.45) is 0 Å². The van der Waals surface area contributed by atoms with E-state index in [0.29, 0.717) is 23.2 Å². The van der Waals surface area contributed by atoms with Crippen LogP contribution in [-0.2, 0) is 6.54 Å². The standard InChI is InChI=1S/C13H13ClFNO/c1-7-10-4-8(15)5-11(14)13(10)17-12(7)6-16-9-2-3-9/h4-5,9,16H,2-3,6H2,1H3. The minimum Gasteiger partial charge on any atom is -0.458 e. The molecule has 1 N–H and O–H groups in total. The molecule has 1 aromatic carbocycles. The van der Waals surface area contributed by atoms with Crippen LogP contribution in [-0.4, -0.2) is 6.04 Å². The first-order valence-electron chi connectivity index (χ1n) is 5.75. The number of hydrogen-bond acceptors (Lipinski definition) is 2. The fourth-order valence-electron chi connectivity index (χ4n) is 1.99. The van der Waals surface area contributed by atoms with Gasteiger partial charge in [-0.15, -0.1) is 0 Å². The predicted molar refractivity (Wildman–Crippen MR) is 65.8 cm³/mol. The number of rotatable bonds is 3. The summed E-state index contributed by atoms with van der Waals surface area (Å²) in [6.07, 6.45) is 2.46. The van der Waals surface area contributed by atoms with Crippen molar-refractivity contribution in [3.63, 3.8) is 0 Å². The summed E-state index contributed by atoms with van der Waals surface area (Å²) in [5.41, 5.74) is 1.55. The molecule has 4 heteroatoms. The van der Waals surface area contributed by atoms with Crippen molar-refractivity contribution in [3.8, 4) is 0 Å². The molecule has 0 spiro atoms. The highest BCUT2D eigenvalue weighted by molar-refractivity contribution is 6.34. The summed E-state index contributed by atoms with van der Waals surface area (Å²) >= 11 is 5.97. The number of halogens is 2. The van der Waals surface area contributed by atoms with Gasteiger partial charge >= 0.3 is 0 Å². The molecule has 0 aliphatic heterocycles. The zero-order valence-electron chi connectivity index (χ0n) is 9.52. The van der Waals surface area contributed by atoms with Gasteiger partial charge in [-0.25, -0.2) is 4.39 Å². The Morgan fingerprint density at radius 1 is 1.47 bits per heavy atom. The predicted octanol–water partition coefficient (Wildman–Crippen LogP) is 3.79. The molecule has 17 heavy (non-hydrogen) atoms. The minimum atomic E-state index is -0.326. The molecule has 1 heterocycles. The number of aryl methyl sites for hydroxylation is 1. The van der Waals surface area contributed by atoms with E-state index < -0.39 is 0 Å². The Morgan fingerprint density at radius 3 is 2.94 bits per heavy atom. The SMILES string of the molecule is Cc1c(CNC2CC2)oc2c(Cl)cc(F)cc12. The molecular formula is C13H13ClFNO. The first kappa shape index (κ1) is 11.1. The van der Waals surface area contributed by atoms with Crippen molar-refractivity contribution in [2.45, 2.75) is 32.4 Å². The molecule has 2 nitrogen and oxygen atoms in total. The Bertz CT molecular complexity index is 574. The molecular weight excluding hydrogens is 241 g/mol. The van der Waals surface area contributed by atoms with E-state index in [9.17, 15) is 4.39 Å². The molecule has 2 aromatic rings. The van der Waals surface area contributed by atoms with E-state index in [1.54, 1.807) is 0 Å². The number of furan rings is 1. The van der Waals surface area contributed by atoms with Crippen molar-refractivity contribution in [3.05, 3.63) is 34.3 Å². The summed E-state index contributed by atoms with van der Waals surface area (Å²) in [5, 5.41) is 4.48. The topological polar surface area (TPSA) is 25.2 Å². The molecule has 0 unspecified atom stereocenters. The van der Waals surface area contributed by atoms with E-state index in [2.05, 4.69) is 5.32 Å². The van der Waals surface area contributed by atoms with Crippen molar-refractivity contribution in [2.75, 3.05) is 0 Å². The Morgan fingerprint density at radius 2 is 2.24 bits per heavy atom. The van der Waals surface area contributed by atoms with Gasteiger partial charge < -0.3 is 9.73 Å². The molecule has 90 valence electrons. The molecule has 1 saturated carbocycles. The van der Waals surface area contributed by atoms with Gasteiger partial charge in [0.2, 0.25) is 0 Å². The van der Waals surface area contributed by atoms with Crippen molar-refractivity contribution >= 4 is 22.6 Å². The van der Waals surface area contributed by atoms with Gasteiger partial charge in [-0.2, -0.15) is 0 Å². The van der Waals surface area contributed by atoms with E-state index in [4.69, 9.17) is 16.0 Å². The molecule has 0 radical (unpaired) electrons. The Balaban J connectivity index is 2.01. The monoisotopic (exact) mass is 253 g/mol. The van der Waals surface area contributed by atoms with Gasteiger partial charge in [0.25, 0.3) is 0 Å². The van der Waals surface area contributed by atoms with Crippen molar-refractivity contribution in [1.29, 1.82) is 0 Å². The van der Waals surface area contributed by atoms with E-state index in [1.807, 2.05) is 6.92 Å². The summed E-state index contributed by atoms with van der Waals surface area (Å²) in [4.78, 5) is 0. The van der Waals surface area contributed by atoms with E-state index in [1.165, 1.54) is 25.0 Å². The minimum absolute atomic E-state index is 0.326. The van der Waals surface area contributed by atoms with Gasteiger partial charge in [-0.3, -0.25) is 0 Å². The van der Waals surface area contributed by atoms with Crippen LogP contribution < -0.4 is 5.32 Å². The van der Waals surface area contributed by atoms with Gasteiger partial charge in [-0.05, 0) is 37.5 Å². The van der Waals surface area contributed by atoms with Crippen molar-refractivity contribution < 1.29 is 8.81 Å². The van der Waals surface area contributed by atoms with Crippen LogP contribution in [0.2, 0.25) is 5.02 Å². The van der Waals surface area contributed by atoms with Crippen LogP contribution in [0.4, 0.5) is 4.39 Å². The molecule has 1 aliphatic rings. The Labute approximate surface area is 104 Å². The van der Waals surface area contributed by atoms with E-state index >= 15 is 0 Å². The third-order valence-electron chi connectivity index (χ3n) is 3.18. The number of benzene rings is 1. The highest BCUT2D eigenvalue weighted by atomic mass is 35.5. The Hall–Kier alpha value is -1.06. The lowest BCUT2D eigenvalue weighted by molar-refractivity contribution is 0.509. The zero-order chi connectivity index (χ0) is 12.0. The molecule has 1 fully saturated rings. The molecule has 0 saturated heterocycles. The second kappa shape index (κ2) is 4.00. The second-order valence-corrected chi connectivity index (χ2v) is 4.98. The maximum Gasteiger partial charge on any atom is 0.153 e. The lowest BCUT2D eigenvalue weighted by Crippen LogP contribution is -2.15. The molecule has 3 rings (SSSR count). The van der Waals surface area contributed by atoms with Crippen molar-refractivity contribution in [1.82, 2.24) is 5.32 Å². The first-order valence-corrected chi connectivity index (χ1v) is 6.13. The Kier molecular flexibility index (Phi) is 2.60. The molecule has 1 aromatic heterocycles. The normalized spacial score (nSPS) is 15.7. The summed E-state index contributed by atoms with van der Waals surface area (Å²) in [6, 6.07) is 3.38. The van der Waals surface area contributed by atoms with Gasteiger partial charge in [0, 0.05) is 11.4 Å². The molecule has 0 bridgehead atoms. The number of nitrogens with one attached hydrogen (secondary N) is 1. The molecule has 0 amide bonds. The summed E-state index contributed by atoms with van der Waals surface area (Å²) in [6.45, 7) is 2.62. The summed E-state index contributed by atoms with van der Waals surface area (Å²) in [7, 11) is 0. The summed E-state index contributed by atoms with van der Waals surface area (Å²) < 4.78 is 19.0.